The predicted octanol–water partition coefficient (Wildman–Crippen LogP) is 2.38. The minimum absolute atomic E-state index is 1.32. The van der Waals surface area contributed by atoms with Crippen LogP contribution in [0.3, 0.4) is 0 Å². The minimum Gasteiger partial charge on any atom is -0.358 e. The molecule has 0 unspecified atom stereocenters. The van der Waals surface area contributed by atoms with Gasteiger partial charge in [-0.2, -0.15) is 0 Å². The fraction of sp³-hybridized carbons (Fsp3) is 0.500. The summed E-state index contributed by atoms with van der Waals surface area (Å²) in [6.45, 7) is 6.18. The maximum absolute atomic E-state index is 2.08. The van der Waals surface area contributed by atoms with Crippen molar-refractivity contribution in [2.75, 3.05) is 7.05 Å². The molecule has 0 saturated heterocycles. The van der Waals surface area contributed by atoms with Crippen LogP contribution in [0.1, 0.15) is 20.8 Å². The Kier molecular flexibility index (Phi) is 3.85. The Labute approximate surface area is 57.7 Å². The first-order valence-electron chi connectivity index (χ1n) is 3.16. The Balaban J connectivity index is 3.76. The maximum Gasteiger partial charge on any atom is 0.0106 e. The van der Waals surface area contributed by atoms with Crippen LogP contribution in [-0.4, -0.2) is 11.9 Å². The van der Waals surface area contributed by atoms with Crippen LogP contribution in [0.2, 0.25) is 0 Å². The number of hydrogen-bond acceptors (Lipinski definition) is 1. The van der Waals surface area contributed by atoms with Gasteiger partial charge in [0, 0.05) is 13.2 Å². The summed E-state index contributed by atoms with van der Waals surface area (Å²) in [5.41, 5.74) is 1.32. The third-order valence-corrected chi connectivity index (χ3v) is 0.846. The Morgan fingerprint density at radius 3 is 2.22 bits per heavy atom. The van der Waals surface area contributed by atoms with Crippen LogP contribution in [0.25, 0.3) is 0 Å². The molecule has 0 fully saturated rings. The summed E-state index contributed by atoms with van der Waals surface area (Å²) >= 11 is 0. The summed E-state index contributed by atoms with van der Waals surface area (Å²) in [7, 11) is 2.02. The number of allylic oxidation sites excluding steroid dienone is 2. The van der Waals surface area contributed by atoms with Gasteiger partial charge in [0.2, 0.25) is 0 Å². The second kappa shape index (κ2) is 4.19. The van der Waals surface area contributed by atoms with E-state index in [1.54, 1.807) is 0 Å². The van der Waals surface area contributed by atoms with E-state index in [1.807, 2.05) is 31.1 Å². The molecule has 9 heavy (non-hydrogen) atoms. The van der Waals surface area contributed by atoms with Gasteiger partial charge in [-0.3, -0.25) is 0 Å². The molecule has 0 saturated carbocycles. The fourth-order valence-corrected chi connectivity index (χ4v) is 0.685. The van der Waals surface area contributed by atoms with E-state index in [4.69, 9.17) is 0 Å². The summed E-state index contributed by atoms with van der Waals surface area (Å²) < 4.78 is 0. The summed E-state index contributed by atoms with van der Waals surface area (Å²) in [6, 6.07) is 0. The molecule has 0 aromatic carbocycles. The zero-order valence-electron chi connectivity index (χ0n) is 6.68. The van der Waals surface area contributed by atoms with Gasteiger partial charge in [-0.25, -0.2) is 0 Å². The predicted molar refractivity (Wildman–Crippen MR) is 42.0 cm³/mol. The molecule has 0 aliphatic heterocycles. The molecule has 0 aliphatic rings. The zero-order chi connectivity index (χ0) is 7.28. The Morgan fingerprint density at radius 2 is 1.89 bits per heavy atom. The van der Waals surface area contributed by atoms with E-state index < -0.39 is 0 Å². The first kappa shape index (κ1) is 8.28. The lowest BCUT2D eigenvalue weighted by Gasteiger charge is -2.06. The van der Waals surface area contributed by atoms with Crippen molar-refractivity contribution in [3.63, 3.8) is 0 Å². The van der Waals surface area contributed by atoms with Crippen molar-refractivity contribution in [3.8, 4) is 0 Å². The maximum atomic E-state index is 2.08. The molecule has 0 bridgehead atoms. The molecule has 0 aromatic rings. The Hall–Kier alpha value is -0.720. The Morgan fingerprint density at radius 1 is 1.33 bits per heavy atom. The average molecular weight is 125 g/mol. The highest BCUT2D eigenvalue weighted by Gasteiger charge is 1.80. The van der Waals surface area contributed by atoms with E-state index >= 15 is 0 Å². The number of rotatable bonds is 2. The van der Waals surface area contributed by atoms with E-state index in [9.17, 15) is 0 Å². The molecule has 0 heterocycles. The lowest BCUT2D eigenvalue weighted by Crippen LogP contribution is -1.99. The molecular weight excluding hydrogens is 110 g/mol. The van der Waals surface area contributed by atoms with Crippen molar-refractivity contribution in [3.05, 3.63) is 24.0 Å². The van der Waals surface area contributed by atoms with Crippen molar-refractivity contribution in [1.82, 2.24) is 4.90 Å². The standard InChI is InChI=1S/C8H15N/c1-5-6-9(4)7-8(2)3/h5-7H,1-4H3/b6-5-. The molecule has 0 aromatic heterocycles. The van der Waals surface area contributed by atoms with Crippen LogP contribution in [0, 0.1) is 0 Å². The molecule has 0 rings (SSSR count). The number of hydrogen-bond donors (Lipinski definition) is 0. The van der Waals surface area contributed by atoms with Crippen LogP contribution in [-0.2, 0) is 0 Å². The van der Waals surface area contributed by atoms with Gasteiger partial charge >= 0.3 is 0 Å². The van der Waals surface area contributed by atoms with Gasteiger partial charge in [0.25, 0.3) is 0 Å². The summed E-state index contributed by atoms with van der Waals surface area (Å²) in [4.78, 5) is 2.04. The zero-order valence-corrected chi connectivity index (χ0v) is 6.68. The van der Waals surface area contributed by atoms with E-state index in [0.717, 1.165) is 0 Å². The SMILES string of the molecule is C/C=C\N(C)C=C(C)C. The van der Waals surface area contributed by atoms with Crippen LogP contribution in [0.5, 0.6) is 0 Å². The largest absolute Gasteiger partial charge is 0.358 e. The molecule has 1 heteroatoms. The molecule has 0 atom stereocenters. The third-order valence-electron chi connectivity index (χ3n) is 0.846. The third kappa shape index (κ3) is 5.15. The molecule has 0 N–H and O–H groups in total. The van der Waals surface area contributed by atoms with Crippen molar-refractivity contribution in [1.29, 1.82) is 0 Å². The van der Waals surface area contributed by atoms with E-state index in [2.05, 4.69) is 20.0 Å². The van der Waals surface area contributed by atoms with Crippen LogP contribution in [0.4, 0.5) is 0 Å². The van der Waals surface area contributed by atoms with Gasteiger partial charge in [-0.05, 0) is 27.0 Å². The van der Waals surface area contributed by atoms with E-state index in [1.165, 1.54) is 5.57 Å². The van der Waals surface area contributed by atoms with Crippen molar-refractivity contribution in [2.45, 2.75) is 20.8 Å². The van der Waals surface area contributed by atoms with Gasteiger partial charge in [0.15, 0.2) is 0 Å². The van der Waals surface area contributed by atoms with Crippen molar-refractivity contribution < 1.29 is 0 Å². The van der Waals surface area contributed by atoms with Crippen LogP contribution in [0.15, 0.2) is 24.0 Å². The average Bonchev–Trinajstić information content (AvgIpc) is 1.63. The summed E-state index contributed by atoms with van der Waals surface area (Å²) in [6.07, 6.45) is 6.12. The topological polar surface area (TPSA) is 3.24 Å². The van der Waals surface area contributed by atoms with Crippen molar-refractivity contribution >= 4 is 0 Å². The van der Waals surface area contributed by atoms with Crippen molar-refractivity contribution in [2.24, 2.45) is 0 Å². The Bertz CT molecular complexity index is 119. The second-order valence-electron chi connectivity index (χ2n) is 2.35. The smallest absolute Gasteiger partial charge is 0.0106 e. The minimum atomic E-state index is 1.32. The van der Waals surface area contributed by atoms with Gasteiger partial charge in [-0.1, -0.05) is 11.6 Å². The van der Waals surface area contributed by atoms with E-state index in [0.29, 0.717) is 0 Å². The highest BCUT2D eigenvalue weighted by molar-refractivity contribution is 4.95. The molecule has 0 aliphatic carbocycles. The van der Waals surface area contributed by atoms with Gasteiger partial charge in [0.05, 0.1) is 0 Å². The fourth-order valence-electron chi connectivity index (χ4n) is 0.685. The number of nitrogens with zero attached hydrogens (tertiary/aromatic N) is 1. The molecule has 0 amide bonds. The first-order valence-corrected chi connectivity index (χ1v) is 3.16. The normalized spacial score (nSPS) is 9.78. The molecule has 52 valence electrons. The molecule has 1 nitrogen and oxygen atoms in total. The highest BCUT2D eigenvalue weighted by Crippen LogP contribution is 1.92. The van der Waals surface area contributed by atoms with Gasteiger partial charge < -0.3 is 4.90 Å². The monoisotopic (exact) mass is 125 g/mol. The summed E-state index contributed by atoms with van der Waals surface area (Å²) in [5.74, 6) is 0. The summed E-state index contributed by atoms with van der Waals surface area (Å²) in [5, 5.41) is 0. The van der Waals surface area contributed by atoms with Crippen LogP contribution >= 0.6 is 0 Å². The lowest BCUT2D eigenvalue weighted by atomic mass is 10.4. The quantitative estimate of drug-likeness (QED) is 0.547. The van der Waals surface area contributed by atoms with Gasteiger partial charge in [-0.15, -0.1) is 0 Å². The second-order valence-corrected chi connectivity index (χ2v) is 2.35. The van der Waals surface area contributed by atoms with E-state index in [-0.39, 0.29) is 0 Å². The highest BCUT2D eigenvalue weighted by atomic mass is 15.0. The first-order chi connectivity index (χ1) is 4.16. The molecular formula is C8H15N. The van der Waals surface area contributed by atoms with Gasteiger partial charge in [0.1, 0.15) is 0 Å². The molecule has 0 spiro atoms. The lowest BCUT2D eigenvalue weighted by molar-refractivity contribution is 0.618. The van der Waals surface area contributed by atoms with Crippen LogP contribution < -0.4 is 0 Å². The molecule has 0 radical (unpaired) electrons.